The fourth-order valence-corrected chi connectivity index (χ4v) is 4.53. The zero-order chi connectivity index (χ0) is 22.7. The normalized spacial score (nSPS) is 14.5. The Labute approximate surface area is 186 Å². The summed E-state index contributed by atoms with van der Waals surface area (Å²) in [4.78, 5) is 18.4. The van der Waals surface area contributed by atoms with Crippen LogP contribution in [0.15, 0.2) is 27.5 Å². The number of benzene rings is 1. The number of aromatic nitrogens is 3. The SMILES string of the molecule is COc1c(OCc2noc(=O)[nH]2)cc(C)c(Cc2ccc(O)c(C3CCCCC3)n2)c1C. The monoisotopic (exact) mass is 439 g/mol. The minimum Gasteiger partial charge on any atom is -0.506 e. The van der Waals surface area contributed by atoms with Crippen molar-refractivity contribution in [3.63, 3.8) is 0 Å². The molecule has 0 amide bonds. The van der Waals surface area contributed by atoms with Crippen molar-refractivity contribution < 1.29 is 19.1 Å². The molecule has 8 heteroatoms. The third-order valence-electron chi connectivity index (χ3n) is 6.20. The van der Waals surface area contributed by atoms with Crippen LogP contribution in [0.4, 0.5) is 0 Å². The number of ether oxygens (including phenoxy) is 2. The number of H-pyrrole nitrogens is 1. The maximum absolute atomic E-state index is 11.1. The summed E-state index contributed by atoms with van der Waals surface area (Å²) in [6, 6.07) is 5.57. The van der Waals surface area contributed by atoms with Gasteiger partial charge in [-0.25, -0.2) is 4.79 Å². The molecule has 1 aromatic carbocycles. The van der Waals surface area contributed by atoms with E-state index in [4.69, 9.17) is 14.5 Å². The predicted octanol–water partition coefficient (Wildman–Crippen LogP) is 4.31. The van der Waals surface area contributed by atoms with Gasteiger partial charge in [0.25, 0.3) is 0 Å². The van der Waals surface area contributed by atoms with Crippen LogP contribution in [-0.4, -0.2) is 27.3 Å². The molecule has 1 fully saturated rings. The second kappa shape index (κ2) is 9.46. The van der Waals surface area contributed by atoms with Crippen molar-refractivity contribution in [1.29, 1.82) is 0 Å². The van der Waals surface area contributed by atoms with Gasteiger partial charge in [0.2, 0.25) is 0 Å². The molecule has 170 valence electrons. The zero-order valence-electron chi connectivity index (χ0n) is 18.7. The Kier molecular flexibility index (Phi) is 6.48. The van der Waals surface area contributed by atoms with Crippen molar-refractivity contribution >= 4 is 0 Å². The van der Waals surface area contributed by atoms with Crippen LogP contribution in [0.3, 0.4) is 0 Å². The second-order valence-corrected chi connectivity index (χ2v) is 8.38. The van der Waals surface area contributed by atoms with Crippen LogP contribution in [-0.2, 0) is 13.0 Å². The Morgan fingerprint density at radius 1 is 1.22 bits per heavy atom. The van der Waals surface area contributed by atoms with Gasteiger partial charge >= 0.3 is 5.76 Å². The fraction of sp³-hybridized carbons (Fsp3) is 0.458. The third kappa shape index (κ3) is 4.64. The highest BCUT2D eigenvalue weighted by Crippen LogP contribution is 2.38. The van der Waals surface area contributed by atoms with Crippen molar-refractivity contribution in [3.8, 4) is 17.2 Å². The lowest BCUT2D eigenvalue weighted by Gasteiger charge is -2.22. The highest BCUT2D eigenvalue weighted by molar-refractivity contribution is 5.54. The molecule has 0 aliphatic heterocycles. The van der Waals surface area contributed by atoms with Gasteiger partial charge in [-0.2, -0.15) is 0 Å². The van der Waals surface area contributed by atoms with E-state index in [9.17, 15) is 9.90 Å². The summed E-state index contributed by atoms with van der Waals surface area (Å²) in [5.41, 5.74) is 4.86. The first-order valence-electron chi connectivity index (χ1n) is 11.0. The number of hydrogen-bond acceptors (Lipinski definition) is 7. The molecule has 0 bridgehead atoms. The van der Waals surface area contributed by atoms with E-state index in [2.05, 4.69) is 14.7 Å². The average molecular weight is 440 g/mol. The number of hydrogen-bond donors (Lipinski definition) is 2. The Balaban J connectivity index is 1.59. The van der Waals surface area contributed by atoms with Crippen molar-refractivity contribution in [2.24, 2.45) is 0 Å². The summed E-state index contributed by atoms with van der Waals surface area (Å²) in [6.07, 6.45) is 6.43. The van der Waals surface area contributed by atoms with E-state index in [1.165, 1.54) is 19.3 Å². The Morgan fingerprint density at radius 2 is 2.00 bits per heavy atom. The molecule has 3 aromatic rings. The first kappa shape index (κ1) is 21.9. The van der Waals surface area contributed by atoms with Gasteiger partial charge in [-0.05, 0) is 61.6 Å². The fourth-order valence-electron chi connectivity index (χ4n) is 4.53. The Bertz CT molecular complexity index is 1150. The van der Waals surface area contributed by atoms with Gasteiger partial charge in [0.1, 0.15) is 12.4 Å². The minimum absolute atomic E-state index is 0.0601. The quantitative estimate of drug-likeness (QED) is 0.564. The first-order chi connectivity index (χ1) is 15.5. The molecule has 4 rings (SSSR count). The maximum Gasteiger partial charge on any atom is 0.439 e. The van der Waals surface area contributed by atoms with E-state index < -0.39 is 5.76 Å². The first-order valence-corrected chi connectivity index (χ1v) is 11.0. The number of aromatic hydroxyl groups is 1. The summed E-state index contributed by atoms with van der Waals surface area (Å²) >= 11 is 0. The molecule has 2 heterocycles. The topological polar surface area (TPSA) is 110 Å². The van der Waals surface area contributed by atoms with Crippen molar-refractivity contribution in [1.82, 2.24) is 15.1 Å². The van der Waals surface area contributed by atoms with Gasteiger partial charge in [0.15, 0.2) is 17.3 Å². The van der Waals surface area contributed by atoms with Gasteiger partial charge in [0, 0.05) is 18.0 Å². The average Bonchev–Trinajstić information content (AvgIpc) is 3.22. The van der Waals surface area contributed by atoms with E-state index in [0.717, 1.165) is 40.9 Å². The van der Waals surface area contributed by atoms with Crippen molar-refractivity contribution in [3.05, 3.63) is 62.7 Å². The molecule has 1 aliphatic rings. The molecule has 2 aromatic heterocycles. The van der Waals surface area contributed by atoms with Crippen LogP contribution in [0.5, 0.6) is 17.2 Å². The lowest BCUT2D eigenvalue weighted by Crippen LogP contribution is -2.09. The van der Waals surface area contributed by atoms with Gasteiger partial charge < -0.3 is 14.6 Å². The van der Waals surface area contributed by atoms with Gasteiger partial charge in [0.05, 0.1) is 12.8 Å². The molecule has 2 N–H and O–H groups in total. The number of nitrogens with zero attached hydrogens (tertiary/aromatic N) is 2. The molecule has 1 saturated carbocycles. The highest BCUT2D eigenvalue weighted by atomic mass is 16.5. The lowest BCUT2D eigenvalue weighted by molar-refractivity contribution is 0.268. The molecule has 0 spiro atoms. The van der Waals surface area contributed by atoms with E-state index in [-0.39, 0.29) is 6.61 Å². The molecule has 0 radical (unpaired) electrons. The van der Waals surface area contributed by atoms with Crippen LogP contribution in [0, 0.1) is 13.8 Å². The Hall–Kier alpha value is -3.29. The number of pyridine rings is 1. The van der Waals surface area contributed by atoms with Crippen molar-refractivity contribution in [2.75, 3.05) is 7.11 Å². The maximum atomic E-state index is 11.1. The smallest absolute Gasteiger partial charge is 0.439 e. The molecule has 8 nitrogen and oxygen atoms in total. The van der Waals surface area contributed by atoms with Crippen LogP contribution in [0.2, 0.25) is 0 Å². The standard InChI is InChI=1S/C24H29N3O5/c1-14-11-20(31-13-21-26-24(29)32-27-21)23(30-3)15(2)18(14)12-17-9-10-19(28)22(25-17)16-7-5-4-6-8-16/h9-11,16,28H,4-8,12-13H2,1-3H3,(H,26,27,29). The molecule has 0 saturated heterocycles. The molecule has 1 aliphatic carbocycles. The van der Waals surface area contributed by atoms with E-state index in [0.29, 0.717) is 35.4 Å². The van der Waals surface area contributed by atoms with Crippen LogP contribution >= 0.6 is 0 Å². The highest BCUT2D eigenvalue weighted by Gasteiger charge is 2.22. The summed E-state index contributed by atoms with van der Waals surface area (Å²) in [6.45, 7) is 4.08. The van der Waals surface area contributed by atoms with Gasteiger partial charge in [-0.3, -0.25) is 14.5 Å². The van der Waals surface area contributed by atoms with E-state index >= 15 is 0 Å². The van der Waals surface area contributed by atoms with E-state index in [1.54, 1.807) is 13.2 Å². The molecule has 0 unspecified atom stereocenters. The third-order valence-corrected chi connectivity index (χ3v) is 6.20. The van der Waals surface area contributed by atoms with Crippen LogP contribution < -0.4 is 15.2 Å². The summed E-state index contributed by atoms with van der Waals surface area (Å²) < 4.78 is 16.0. The number of methoxy groups -OCH3 is 1. The van der Waals surface area contributed by atoms with Gasteiger partial charge in [-0.1, -0.05) is 24.4 Å². The number of aromatic amines is 1. The molecular weight excluding hydrogens is 410 g/mol. The van der Waals surface area contributed by atoms with Crippen molar-refractivity contribution in [2.45, 2.75) is 64.9 Å². The minimum atomic E-state index is -0.618. The van der Waals surface area contributed by atoms with Crippen LogP contribution in [0.25, 0.3) is 0 Å². The number of rotatable bonds is 7. The predicted molar refractivity (Wildman–Crippen MR) is 118 cm³/mol. The van der Waals surface area contributed by atoms with E-state index in [1.807, 2.05) is 26.0 Å². The summed E-state index contributed by atoms with van der Waals surface area (Å²) in [5, 5.41) is 14.0. The summed E-state index contributed by atoms with van der Waals surface area (Å²) in [7, 11) is 1.60. The summed E-state index contributed by atoms with van der Waals surface area (Å²) in [5.74, 6) is 1.51. The van der Waals surface area contributed by atoms with Crippen LogP contribution in [0.1, 0.15) is 71.9 Å². The largest absolute Gasteiger partial charge is 0.506 e. The number of nitrogens with one attached hydrogen (secondary N) is 1. The second-order valence-electron chi connectivity index (χ2n) is 8.38. The number of aryl methyl sites for hydroxylation is 1. The molecule has 0 atom stereocenters. The lowest BCUT2D eigenvalue weighted by atomic mass is 9.86. The Morgan fingerprint density at radius 3 is 2.69 bits per heavy atom. The molecule has 32 heavy (non-hydrogen) atoms. The zero-order valence-corrected chi connectivity index (χ0v) is 18.7. The van der Waals surface area contributed by atoms with Gasteiger partial charge in [-0.15, -0.1) is 0 Å². The molecular formula is C24H29N3O5.